The van der Waals surface area contributed by atoms with Gasteiger partial charge in [0, 0.05) is 6.04 Å². The first-order chi connectivity index (χ1) is 23.1. The van der Waals surface area contributed by atoms with Crippen LogP contribution >= 0.6 is 26.8 Å². The van der Waals surface area contributed by atoms with Crippen LogP contribution < -0.4 is 5.32 Å². The third-order valence-electron chi connectivity index (χ3n) is 7.01. The van der Waals surface area contributed by atoms with Gasteiger partial charge in [0.25, 0.3) is 0 Å². The molecule has 6 atom stereocenters. The van der Waals surface area contributed by atoms with Gasteiger partial charge in [-0.2, -0.15) is 15.1 Å². The Labute approximate surface area is 285 Å². The molecule has 1 aliphatic heterocycles. The smallest absolute Gasteiger partial charge is 0.432 e. The highest BCUT2D eigenvalue weighted by Crippen LogP contribution is 2.61. The van der Waals surface area contributed by atoms with Gasteiger partial charge in [-0.3, -0.25) is 18.2 Å². The summed E-state index contributed by atoms with van der Waals surface area (Å²) in [6.45, 7) is 3.30. The van der Waals surface area contributed by atoms with Crippen molar-refractivity contribution in [2.75, 3.05) is 31.4 Å². The largest absolute Gasteiger partial charge is 0.510 e. The van der Waals surface area contributed by atoms with Crippen LogP contribution in [0.5, 0.6) is 0 Å². The molecule has 3 heterocycles. The van der Waals surface area contributed by atoms with Crippen LogP contribution in [0.3, 0.4) is 0 Å². The van der Waals surface area contributed by atoms with Gasteiger partial charge in [-0.25, -0.2) is 14.3 Å². The van der Waals surface area contributed by atoms with E-state index in [9.17, 15) is 33.8 Å². The van der Waals surface area contributed by atoms with Crippen molar-refractivity contribution in [3.05, 3.63) is 11.5 Å². The number of rotatable bonds is 16. The second-order valence-electron chi connectivity index (χ2n) is 11.6. The van der Waals surface area contributed by atoms with Crippen molar-refractivity contribution in [1.29, 1.82) is 0 Å². The Bertz CT molecular complexity index is 1540. The van der Waals surface area contributed by atoms with E-state index in [-0.39, 0.29) is 17.0 Å². The lowest BCUT2D eigenvalue weighted by Crippen LogP contribution is -2.34. The molecular weight excluding hydrogens is 720 g/mol. The van der Waals surface area contributed by atoms with E-state index in [1.807, 2.05) is 0 Å². The molecule has 2 fully saturated rings. The summed E-state index contributed by atoms with van der Waals surface area (Å²) in [7, 11) is -9.64. The van der Waals surface area contributed by atoms with Crippen molar-refractivity contribution >= 4 is 56.0 Å². The van der Waals surface area contributed by atoms with Crippen molar-refractivity contribution in [3.8, 4) is 0 Å². The molecule has 4 rings (SSSR count). The number of ether oxygens (including phenoxy) is 5. The highest BCUT2D eigenvalue weighted by Gasteiger charge is 2.47. The number of fused-ring (bicyclic) bond motifs is 1. The van der Waals surface area contributed by atoms with Gasteiger partial charge >= 0.3 is 27.5 Å². The zero-order valence-corrected chi connectivity index (χ0v) is 29.6. The Kier molecular flexibility index (Phi) is 13.6. The molecule has 0 spiro atoms. The summed E-state index contributed by atoms with van der Waals surface area (Å²) in [5.41, 5.74) is 0.190. The van der Waals surface area contributed by atoms with Crippen LogP contribution in [-0.4, -0.2) is 110 Å². The average Bonchev–Trinajstić information content (AvgIpc) is 3.71. The second kappa shape index (κ2) is 17.0. The summed E-state index contributed by atoms with van der Waals surface area (Å²) < 4.78 is 67.3. The Morgan fingerprint density at radius 1 is 1.00 bits per heavy atom. The van der Waals surface area contributed by atoms with Crippen LogP contribution in [-0.2, 0) is 46.4 Å². The Morgan fingerprint density at radius 3 is 2.22 bits per heavy atom. The molecule has 1 aliphatic carbocycles. The molecule has 49 heavy (non-hydrogen) atoms. The lowest BCUT2D eigenvalue weighted by molar-refractivity contribution is -0.0571. The zero-order chi connectivity index (χ0) is 35.9. The monoisotopic (exact) mass is 759 g/mol. The SMILES string of the molecule is CC(C)OC(=O)OCOP(=O)(O)CP(=O)(OCOC(=O)OC(C)C)OC[C@H]1O[C@@H](n2ncc3c(NC4CCCC4)nc(Cl)nc32)[C@H](O)[C@@H]1O. The summed E-state index contributed by atoms with van der Waals surface area (Å²) in [4.78, 5) is 42.2. The number of anilines is 1. The number of hydrogen-bond donors (Lipinski definition) is 4. The maximum absolute atomic E-state index is 13.6. The van der Waals surface area contributed by atoms with Crippen molar-refractivity contribution in [2.45, 2.75) is 96.2 Å². The van der Waals surface area contributed by atoms with Crippen LogP contribution in [0.2, 0.25) is 5.28 Å². The minimum Gasteiger partial charge on any atom is -0.432 e. The van der Waals surface area contributed by atoms with Crippen LogP contribution in [0, 0.1) is 0 Å². The fraction of sp³-hybridized carbons (Fsp3) is 0.731. The number of halogens is 1. The summed E-state index contributed by atoms with van der Waals surface area (Å²) in [6, 6.07) is 0.187. The summed E-state index contributed by atoms with van der Waals surface area (Å²) >= 11 is 6.20. The highest BCUT2D eigenvalue weighted by molar-refractivity contribution is 7.70. The van der Waals surface area contributed by atoms with Crippen LogP contribution in [0.25, 0.3) is 11.0 Å². The Morgan fingerprint density at radius 2 is 1.61 bits per heavy atom. The molecule has 20 nitrogen and oxygen atoms in total. The minimum atomic E-state index is -4.90. The van der Waals surface area contributed by atoms with Gasteiger partial charge in [0.1, 0.15) is 24.1 Å². The third kappa shape index (κ3) is 11.2. The van der Waals surface area contributed by atoms with Crippen LogP contribution in [0.15, 0.2) is 6.20 Å². The van der Waals surface area contributed by atoms with Gasteiger partial charge in [-0.05, 0) is 52.1 Å². The van der Waals surface area contributed by atoms with E-state index in [0.29, 0.717) is 11.2 Å². The molecule has 2 aromatic rings. The Hall–Kier alpha value is -2.64. The molecule has 0 radical (unpaired) electrons. The van der Waals surface area contributed by atoms with E-state index in [1.165, 1.54) is 10.9 Å². The van der Waals surface area contributed by atoms with Crippen molar-refractivity contribution in [1.82, 2.24) is 19.7 Å². The predicted octanol–water partition coefficient (Wildman–Crippen LogP) is 3.88. The molecule has 2 unspecified atom stereocenters. The van der Waals surface area contributed by atoms with Gasteiger partial charge in [-0.15, -0.1) is 0 Å². The molecule has 4 N–H and O–H groups in total. The van der Waals surface area contributed by atoms with Crippen molar-refractivity contribution in [2.24, 2.45) is 0 Å². The number of nitrogens with one attached hydrogen (secondary N) is 1. The predicted molar refractivity (Wildman–Crippen MR) is 168 cm³/mol. The molecule has 2 aromatic heterocycles. The number of aliphatic hydroxyl groups is 2. The molecular formula is C26H40ClN5O15P2. The number of aliphatic hydroxyl groups excluding tert-OH is 2. The van der Waals surface area contributed by atoms with E-state index in [2.05, 4.69) is 25.1 Å². The first kappa shape index (κ1) is 39.2. The summed E-state index contributed by atoms with van der Waals surface area (Å²) in [6.07, 6.45) is -3.98. The van der Waals surface area contributed by atoms with Gasteiger partial charge in [0.05, 0.1) is 30.4 Å². The van der Waals surface area contributed by atoms with Crippen molar-refractivity contribution in [3.63, 3.8) is 0 Å². The molecule has 276 valence electrons. The van der Waals surface area contributed by atoms with E-state index >= 15 is 0 Å². The van der Waals surface area contributed by atoms with Gasteiger partial charge in [0.2, 0.25) is 18.9 Å². The minimum absolute atomic E-state index is 0.0990. The first-order valence-electron chi connectivity index (χ1n) is 15.3. The maximum Gasteiger partial charge on any atom is 0.510 e. The number of carbonyl (C=O) groups excluding carboxylic acids is 2. The number of hydrogen-bond acceptors (Lipinski definition) is 18. The topological polar surface area (TPSA) is 258 Å². The highest BCUT2D eigenvalue weighted by atomic mass is 35.5. The molecule has 0 amide bonds. The first-order valence-corrected chi connectivity index (χ1v) is 19.1. The number of aromatic nitrogens is 4. The number of carbonyl (C=O) groups is 2. The maximum atomic E-state index is 13.6. The molecule has 0 bridgehead atoms. The van der Waals surface area contributed by atoms with E-state index < -0.39 is 90.3 Å². The van der Waals surface area contributed by atoms with Crippen LogP contribution in [0.4, 0.5) is 15.4 Å². The fourth-order valence-corrected chi connectivity index (χ4v) is 8.63. The summed E-state index contributed by atoms with van der Waals surface area (Å²) in [5, 5.41) is 29.7. The summed E-state index contributed by atoms with van der Waals surface area (Å²) in [5.74, 6) is -0.882. The second-order valence-corrected chi connectivity index (χ2v) is 16.4. The fourth-order valence-electron chi connectivity index (χ4n) is 4.86. The van der Waals surface area contributed by atoms with Gasteiger partial charge < -0.3 is 48.6 Å². The average molecular weight is 760 g/mol. The van der Waals surface area contributed by atoms with Crippen molar-refractivity contribution < 1.29 is 71.1 Å². The lowest BCUT2D eigenvalue weighted by atomic mass is 10.1. The molecule has 23 heteroatoms. The van der Waals surface area contributed by atoms with Gasteiger partial charge in [-0.1, -0.05) is 12.8 Å². The van der Waals surface area contributed by atoms with E-state index in [0.717, 1.165) is 25.7 Å². The van der Waals surface area contributed by atoms with Crippen LogP contribution in [0.1, 0.15) is 59.6 Å². The molecule has 2 aliphatic rings. The third-order valence-corrected chi connectivity index (χ3v) is 11.5. The number of nitrogens with zero attached hydrogens (tertiary/aromatic N) is 4. The zero-order valence-electron chi connectivity index (χ0n) is 27.1. The Balaban J connectivity index is 1.45. The molecule has 0 aromatic carbocycles. The quantitative estimate of drug-likeness (QED) is 0.0819. The van der Waals surface area contributed by atoms with Gasteiger partial charge in [0.15, 0.2) is 17.8 Å². The van der Waals surface area contributed by atoms with E-state index in [4.69, 9.17) is 44.1 Å². The molecule has 1 saturated carbocycles. The van der Waals surface area contributed by atoms with E-state index in [1.54, 1.807) is 27.7 Å². The normalized spacial score (nSPS) is 23.8. The molecule has 1 saturated heterocycles. The standard InChI is InChI=1S/C26H40ClN5O15P2/c1-14(2)45-25(35)40-11-43-48(37,38)13-49(39,44-12-41-26(36)46-15(3)4)42-10-18-19(33)20(34)23(47-18)32-22-17(9-28-32)21(30-24(27)31-22)29-16-7-5-6-8-16/h9,14-16,18-20,23,33-34H,5-8,10-13H2,1-4H3,(H,37,38)(H,29,30,31)/t18-,19-,20-,23-,49?/m1/s1. The lowest BCUT2D eigenvalue weighted by Gasteiger charge is -2.23.